The standard InChI is InChI=1S/C25H33N3O3/c1-4-31-23-13-6-5-9-21(23)16-26-24(29)20-11-7-10-19(15-20)22-12-8-14-28(17-22)25(30)27-18(2)3/h5-7,9-11,13,15,18,22H,4,8,12,14,16-17H2,1-3H3,(H,26,29)(H,27,30)/t22-/m0/s1. The number of hydrogen-bond donors (Lipinski definition) is 2. The number of ether oxygens (including phenoxy) is 1. The Bertz CT molecular complexity index is 897. The van der Waals surface area contributed by atoms with Gasteiger partial charge in [0.25, 0.3) is 5.91 Å². The highest BCUT2D eigenvalue weighted by molar-refractivity contribution is 5.94. The van der Waals surface area contributed by atoms with Gasteiger partial charge in [0.15, 0.2) is 0 Å². The van der Waals surface area contributed by atoms with Crippen molar-refractivity contribution < 1.29 is 14.3 Å². The van der Waals surface area contributed by atoms with Crippen LogP contribution in [0.2, 0.25) is 0 Å². The summed E-state index contributed by atoms with van der Waals surface area (Å²) in [6.45, 7) is 8.31. The smallest absolute Gasteiger partial charge is 0.317 e. The van der Waals surface area contributed by atoms with Crippen molar-refractivity contribution >= 4 is 11.9 Å². The minimum absolute atomic E-state index is 0.0124. The largest absolute Gasteiger partial charge is 0.494 e. The first-order valence-corrected chi connectivity index (χ1v) is 11.1. The van der Waals surface area contributed by atoms with Gasteiger partial charge in [0, 0.05) is 42.7 Å². The second kappa shape index (κ2) is 10.8. The number of para-hydroxylation sites is 1. The minimum atomic E-state index is -0.113. The Labute approximate surface area is 185 Å². The quantitative estimate of drug-likeness (QED) is 0.697. The zero-order chi connectivity index (χ0) is 22.2. The summed E-state index contributed by atoms with van der Waals surface area (Å²) in [6.07, 6.45) is 1.97. The number of carbonyl (C=O) groups is 2. The van der Waals surface area contributed by atoms with Crippen LogP contribution in [0.4, 0.5) is 4.79 Å². The summed E-state index contributed by atoms with van der Waals surface area (Å²) in [5.41, 5.74) is 2.69. The molecule has 3 rings (SSSR count). The van der Waals surface area contributed by atoms with Crippen molar-refractivity contribution in [3.8, 4) is 5.75 Å². The highest BCUT2D eigenvalue weighted by Gasteiger charge is 2.25. The molecule has 31 heavy (non-hydrogen) atoms. The second-order valence-electron chi connectivity index (χ2n) is 8.24. The van der Waals surface area contributed by atoms with E-state index >= 15 is 0 Å². The van der Waals surface area contributed by atoms with E-state index in [0.717, 1.165) is 36.3 Å². The average molecular weight is 424 g/mol. The van der Waals surface area contributed by atoms with E-state index in [1.807, 2.05) is 68.1 Å². The van der Waals surface area contributed by atoms with Gasteiger partial charge in [-0.3, -0.25) is 4.79 Å². The SMILES string of the molecule is CCOc1ccccc1CNC(=O)c1cccc([C@H]2CCCN(C(=O)NC(C)C)C2)c1. The number of nitrogens with zero attached hydrogens (tertiary/aromatic N) is 1. The lowest BCUT2D eigenvalue weighted by Crippen LogP contribution is -2.47. The van der Waals surface area contributed by atoms with Gasteiger partial charge in [0.2, 0.25) is 0 Å². The number of rotatable bonds is 7. The van der Waals surface area contributed by atoms with E-state index in [2.05, 4.69) is 16.7 Å². The maximum Gasteiger partial charge on any atom is 0.317 e. The van der Waals surface area contributed by atoms with E-state index in [1.54, 1.807) is 0 Å². The Balaban J connectivity index is 1.64. The van der Waals surface area contributed by atoms with Crippen molar-refractivity contribution in [3.05, 3.63) is 65.2 Å². The van der Waals surface area contributed by atoms with Crippen molar-refractivity contribution in [1.82, 2.24) is 15.5 Å². The Morgan fingerprint density at radius 3 is 2.74 bits per heavy atom. The zero-order valence-electron chi connectivity index (χ0n) is 18.7. The van der Waals surface area contributed by atoms with Crippen LogP contribution in [-0.4, -0.2) is 42.6 Å². The van der Waals surface area contributed by atoms with Crippen molar-refractivity contribution in [1.29, 1.82) is 0 Å². The molecule has 0 aliphatic carbocycles. The van der Waals surface area contributed by atoms with Crippen LogP contribution in [0, 0.1) is 0 Å². The van der Waals surface area contributed by atoms with Crippen molar-refractivity contribution in [3.63, 3.8) is 0 Å². The maximum absolute atomic E-state index is 12.8. The van der Waals surface area contributed by atoms with Gasteiger partial charge in [-0.2, -0.15) is 0 Å². The molecule has 1 heterocycles. The molecular weight excluding hydrogens is 390 g/mol. The molecular formula is C25H33N3O3. The van der Waals surface area contributed by atoms with Crippen LogP contribution in [0.1, 0.15) is 61.0 Å². The van der Waals surface area contributed by atoms with Crippen molar-refractivity contribution in [2.45, 2.75) is 52.1 Å². The fraction of sp³-hybridized carbons (Fsp3) is 0.440. The third-order valence-corrected chi connectivity index (χ3v) is 5.45. The molecule has 0 spiro atoms. The van der Waals surface area contributed by atoms with Gasteiger partial charge in [-0.1, -0.05) is 30.3 Å². The number of piperidine rings is 1. The molecule has 166 valence electrons. The maximum atomic E-state index is 12.8. The second-order valence-corrected chi connectivity index (χ2v) is 8.24. The van der Waals surface area contributed by atoms with Gasteiger partial charge < -0.3 is 20.3 Å². The summed E-state index contributed by atoms with van der Waals surface area (Å²) in [4.78, 5) is 27.1. The van der Waals surface area contributed by atoms with E-state index in [4.69, 9.17) is 4.74 Å². The first-order chi connectivity index (χ1) is 15.0. The van der Waals surface area contributed by atoms with Crippen LogP contribution in [0.3, 0.4) is 0 Å². The van der Waals surface area contributed by atoms with E-state index in [9.17, 15) is 9.59 Å². The number of likely N-dealkylation sites (tertiary alicyclic amines) is 1. The van der Waals surface area contributed by atoms with Crippen LogP contribution in [0.5, 0.6) is 5.75 Å². The highest BCUT2D eigenvalue weighted by Crippen LogP contribution is 2.27. The minimum Gasteiger partial charge on any atom is -0.494 e. The molecule has 1 atom stereocenters. The van der Waals surface area contributed by atoms with Gasteiger partial charge in [-0.05, 0) is 57.4 Å². The Kier molecular flexibility index (Phi) is 7.93. The van der Waals surface area contributed by atoms with Crippen LogP contribution < -0.4 is 15.4 Å². The summed E-state index contributed by atoms with van der Waals surface area (Å²) in [7, 11) is 0. The molecule has 2 aromatic rings. The Hall–Kier alpha value is -3.02. The van der Waals surface area contributed by atoms with E-state index < -0.39 is 0 Å². The Morgan fingerprint density at radius 2 is 1.97 bits per heavy atom. The van der Waals surface area contributed by atoms with Gasteiger partial charge in [0.1, 0.15) is 5.75 Å². The van der Waals surface area contributed by atoms with Crippen LogP contribution in [0.15, 0.2) is 48.5 Å². The number of nitrogens with one attached hydrogen (secondary N) is 2. The molecule has 1 aliphatic rings. The summed E-state index contributed by atoms with van der Waals surface area (Å²) >= 11 is 0. The fourth-order valence-electron chi connectivity index (χ4n) is 3.93. The van der Waals surface area contributed by atoms with Gasteiger partial charge in [-0.25, -0.2) is 4.79 Å². The van der Waals surface area contributed by atoms with E-state index in [-0.39, 0.29) is 23.9 Å². The monoisotopic (exact) mass is 423 g/mol. The first-order valence-electron chi connectivity index (χ1n) is 11.1. The molecule has 2 N–H and O–H groups in total. The van der Waals surface area contributed by atoms with E-state index in [1.165, 1.54) is 0 Å². The number of hydrogen-bond acceptors (Lipinski definition) is 3. The van der Waals surface area contributed by atoms with Gasteiger partial charge in [0.05, 0.1) is 6.61 Å². The third-order valence-electron chi connectivity index (χ3n) is 5.45. The zero-order valence-corrected chi connectivity index (χ0v) is 18.7. The number of urea groups is 1. The fourth-order valence-corrected chi connectivity index (χ4v) is 3.93. The van der Waals surface area contributed by atoms with E-state index in [0.29, 0.717) is 25.3 Å². The lowest BCUT2D eigenvalue weighted by atomic mass is 9.89. The predicted molar refractivity (Wildman–Crippen MR) is 122 cm³/mol. The van der Waals surface area contributed by atoms with Crippen molar-refractivity contribution in [2.75, 3.05) is 19.7 Å². The predicted octanol–water partition coefficient (Wildman–Crippen LogP) is 4.31. The number of amides is 3. The Morgan fingerprint density at radius 1 is 1.16 bits per heavy atom. The van der Waals surface area contributed by atoms with Crippen LogP contribution in [0.25, 0.3) is 0 Å². The molecule has 6 nitrogen and oxygen atoms in total. The number of benzene rings is 2. The molecule has 0 aromatic heterocycles. The van der Waals surface area contributed by atoms with Crippen LogP contribution >= 0.6 is 0 Å². The number of carbonyl (C=O) groups excluding carboxylic acids is 2. The lowest BCUT2D eigenvalue weighted by molar-refractivity contribution is 0.0950. The third kappa shape index (κ3) is 6.23. The molecule has 1 aliphatic heterocycles. The topological polar surface area (TPSA) is 70.7 Å². The molecule has 6 heteroatoms. The molecule has 0 saturated carbocycles. The molecule has 0 radical (unpaired) electrons. The molecule has 1 saturated heterocycles. The highest BCUT2D eigenvalue weighted by atomic mass is 16.5. The molecule has 2 aromatic carbocycles. The molecule has 0 bridgehead atoms. The summed E-state index contributed by atoms with van der Waals surface area (Å²) in [6, 6.07) is 15.6. The molecule has 0 unspecified atom stereocenters. The first kappa shape index (κ1) is 22.7. The van der Waals surface area contributed by atoms with Gasteiger partial charge >= 0.3 is 6.03 Å². The summed E-state index contributed by atoms with van der Waals surface area (Å²) < 4.78 is 5.64. The average Bonchev–Trinajstić information content (AvgIpc) is 2.78. The molecule has 3 amide bonds. The summed E-state index contributed by atoms with van der Waals surface area (Å²) in [5, 5.41) is 5.97. The van der Waals surface area contributed by atoms with Crippen LogP contribution in [-0.2, 0) is 6.54 Å². The lowest BCUT2D eigenvalue weighted by Gasteiger charge is -2.33. The van der Waals surface area contributed by atoms with Crippen molar-refractivity contribution in [2.24, 2.45) is 0 Å². The normalized spacial score (nSPS) is 16.1. The summed E-state index contributed by atoms with van der Waals surface area (Å²) in [5.74, 6) is 0.914. The van der Waals surface area contributed by atoms with Gasteiger partial charge in [-0.15, -0.1) is 0 Å². The molecule has 1 fully saturated rings.